The number of aromatic nitrogens is 1. The molecule has 1 aliphatic rings. The minimum atomic E-state index is -0.237. The predicted molar refractivity (Wildman–Crippen MR) is 108 cm³/mol. The second-order valence-corrected chi connectivity index (χ2v) is 8.14. The van der Waals surface area contributed by atoms with E-state index in [4.69, 9.17) is 21.1 Å². The molecule has 0 aliphatic carbocycles. The van der Waals surface area contributed by atoms with Crippen LogP contribution in [0.2, 0.25) is 5.02 Å². The van der Waals surface area contributed by atoms with E-state index in [0.717, 1.165) is 30.9 Å². The number of carbonyl (C=O) groups excluding carboxylic acids is 1. The largest absolute Gasteiger partial charge is 0.483 e. The molecule has 0 saturated carbocycles. The fraction of sp³-hybridized carbons (Fsp3) is 0.474. The van der Waals surface area contributed by atoms with Crippen molar-refractivity contribution in [3.63, 3.8) is 0 Å². The van der Waals surface area contributed by atoms with Gasteiger partial charge in [0.15, 0.2) is 11.7 Å². The summed E-state index contributed by atoms with van der Waals surface area (Å²) >= 11 is 7.34. The molecule has 0 bridgehead atoms. The van der Waals surface area contributed by atoms with E-state index in [-0.39, 0.29) is 24.7 Å². The summed E-state index contributed by atoms with van der Waals surface area (Å²) in [4.78, 5) is 19.0. The standard InChI is InChI=1S/C19H24ClN3O3S/c1-12-6-15(20)4-5-17(12)25-10-18(24)22-19-21-16(11-27-19)9-23-7-13(2)26-14(3)8-23/h4-6,11,13-14H,7-10H2,1-3H3,(H,21,22,24)/t13-,14+. The molecule has 0 unspecified atom stereocenters. The highest BCUT2D eigenvalue weighted by atomic mass is 35.5. The van der Waals surface area contributed by atoms with E-state index < -0.39 is 0 Å². The van der Waals surface area contributed by atoms with Gasteiger partial charge in [-0.05, 0) is 44.5 Å². The highest BCUT2D eigenvalue weighted by molar-refractivity contribution is 7.13. The van der Waals surface area contributed by atoms with Gasteiger partial charge in [-0.15, -0.1) is 11.3 Å². The summed E-state index contributed by atoms with van der Waals surface area (Å²) in [6.07, 6.45) is 0.445. The van der Waals surface area contributed by atoms with E-state index in [1.807, 2.05) is 12.3 Å². The van der Waals surface area contributed by atoms with Crippen LogP contribution in [0, 0.1) is 6.92 Å². The molecular formula is C19H24ClN3O3S. The molecule has 8 heteroatoms. The lowest BCUT2D eigenvalue weighted by Crippen LogP contribution is -2.44. The minimum absolute atomic E-state index is 0.0735. The molecule has 1 saturated heterocycles. The van der Waals surface area contributed by atoms with Crippen molar-refractivity contribution < 1.29 is 14.3 Å². The number of amides is 1. The van der Waals surface area contributed by atoms with Crippen molar-refractivity contribution in [2.45, 2.75) is 39.5 Å². The number of ether oxygens (including phenoxy) is 2. The number of thiazole rings is 1. The molecule has 0 radical (unpaired) electrons. The Balaban J connectivity index is 1.49. The summed E-state index contributed by atoms with van der Waals surface area (Å²) in [7, 11) is 0. The van der Waals surface area contributed by atoms with E-state index in [9.17, 15) is 4.79 Å². The van der Waals surface area contributed by atoms with Gasteiger partial charge in [0.05, 0.1) is 17.9 Å². The predicted octanol–water partition coefficient (Wildman–Crippen LogP) is 3.73. The van der Waals surface area contributed by atoms with Gasteiger partial charge in [-0.25, -0.2) is 4.98 Å². The van der Waals surface area contributed by atoms with Gasteiger partial charge < -0.3 is 9.47 Å². The number of nitrogens with zero attached hydrogens (tertiary/aromatic N) is 2. The average Bonchev–Trinajstić information content (AvgIpc) is 3.00. The Morgan fingerprint density at radius 1 is 1.41 bits per heavy atom. The molecule has 1 amide bonds. The van der Waals surface area contributed by atoms with Crippen LogP contribution >= 0.6 is 22.9 Å². The summed E-state index contributed by atoms with van der Waals surface area (Å²) in [5.74, 6) is 0.406. The molecule has 2 aromatic rings. The summed E-state index contributed by atoms with van der Waals surface area (Å²) in [5.41, 5.74) is 1.84. The third-order valence-electron chi connectivity index (χ3n) is 4.17. The van der Waals surface area contributed by atoms with Crippen molar-refractivity contribution in [2.75, 3.05) is 25.0 Å². The van der Waals surface area contributed by atoms with Gasteiger partial charge in [0.2, 0.25) is 0 Å². The first kappa shape index (κ1) is 20.1. The van der Waals surface area contributed by atoms with Crippen LogP contribution in [0.3, 0.4) is 0 Å². The van der Waals surface area contributed by atoms with E-state index in [0.29, 0.717) is 15.9 Å². The molecule has 2 atom stereocenters. The number of nitrogens with one attached hydrogen (secondary N) is 1. The van der Waals surface area contributed by atoms with Crippen LogP contribution in [0.1, 0.15) is 25.1 Å². The zero-order chi connectivity index (χ0) is 19.4. The summed E-state index contributed by atoms with van der Waals surface area (Å²) in [5, 5.41) is 6.00. The summed E-state index contributed by atoms with van der Waals surface area (Å²) in [6, 6.07) is 5.30. The van der Waals surface area contributed by atoms with Crippen LogP contribution in [0.15, 0.2) is 23.6 Å². The minimum Gasteiger partial charge on any atom is -0.483 e. The summed E-state index contributed by atoms with van der Waals surface area (Å²) in [6.45, 7) is 8.51. The van der Waals surface area contributed by atoms with Gasteiger partial charge in [0.25, 0.3) is 5.91 Å². The highest BCUT2D eigenvalue weighted by Gasteiger charge is 2.22. The maximum absolute atomic E-state index is 12.1. The Bertz CT molecular complexity index is 788. The summed E-state index contributed by atoms with van der Waals surface area (Å²) < 4.78 is 11.3. The number of carbonyl (C=O) groups is 1. The van der Waals surface area contributed by atoms with Crippen LogP contribution in [-0.2, 0) is 16.1 Å². The van der Waals surface area contributed by atoms with Crippen LogP contribution in [-0.4, -0.2) is 47.7 Å². The van der Waals surface area contributed by atoms with E-state index in [1.54, 1.807) is 18.2 Å². The van der Waals surface area contributed by atoms with Crippen LogP contribution in [0.5, 0.6) is 5.75 Å². The lowest BCUT2D eigenvalue weighted by atomic mass is 10.2. The molecule has 6 nitrogen and oxygen atoms in total. The maximum Gasteiger partial charge on any atom is 0.264 e. The normalized spacial score (nSPS) is 20.4. The zero-order valence-corrected chi connectivity index (χ0v) is 17.3. The smallest absolute Gasteiger partial charge is 0.264 e. The molecule has 2 heterocycles. The fourth-order valence-electron chi connectivity index (χ4n) is 3.15. The Labute approximate surface area is 168 Å². The number of hydrogen-bond acceptors (Lipinski definition) is 6. The molecule has 1 fully saturated rings. The van der Waals surface area contributed by atoms with E-state index in [1.165, 1.54) is 11.3 Å². The SMILES string of the molecule is Cc1cc(Cl)ccc1OCC(=O)Nc1nc(CN2C[C@@H](C)O[C@@H](C)C2)cs1. The number of morpholine rings is 1. The second kappa shape index (κ2) is 9.01. The van der Waals surface area contributed by atoms with E-state index in [2.05, 4.69) is 29.0 Å². The molecule has 27 heavy (non-hydrogen) atoms. The van der Waals surface area contributed by atoms with Crippen molar-refractivity contribution in [3.05, 3.63) is 39.9 Å². The lowest BCUT2D eigenvalue weighted by molar-refractivity contribution is -0.118. The van der Waals surface area contributed by atoms with Crippen LogP contribution in [0.4, 0.5) is 5.13 Å². The molecule has 1 N–H and O–H groups in total. The third-order valence-corrected chi connectivity index (χ3v) is 5.22. The maximum atomic E-state index is 12.1. The number of aryl methyl sites for hydroxylation is 1. The van der Waals surface area contributed by atoms with Crippen LogP contribution in [0.25, 0.3) is 0 Å². The van der Waals surface area contributed by atoms with Gasteiger partial charge in [0, 0.05) is 30.0 Å². The zero-order valence-electron chi connectivity index (χ0n) is 15.7. The molecular weight excluding hydrogens is 386 g/mol. The first-order chi connectivity index (χ1) is 12.9. The van der Waals surface area contributed by atoms with Crippen molar-refractivity contribution >= 4 is 34.0 Å². The average molecular weight is 410 g/mol. The number of rotatable bonds is 6. The molecule has 1 aromatic heterocycles. The first-order valence-corrected chi connectivity index (χ1v) is 10.2. The molecule has 1 aromatic carbocycles. The van der Waals surface area contributed by atoms with Gasteiger partial charge in [-0.1, -0.05) is 11.6 Å². The monoisotopic (exact) mass is 409 g/mol. The van der Waals surface area contributed by atoms with Gasteiger partial charge in [-0.2, -0.15) is 0 Å². The first-order valence-electron chi connectivity index (χ1n) is 8.90. The third kappa shape index (κ3) is 5.90. The van der Waals surface area contributed by atoms with Crippen molar-refractivity contribution in [1.82, 2.24) is 9.88 Å². The van der Waals surface area contributed by atoms with Gasteiger partial charge in [0.1, 0.15) is 5.75 Å². The van der Waals surface area contributed by atoms with Crippen molar-refractivity contribution in [3.8, 4) is 5.75 Å². The second-order valence-electron chi connectivity index (χ2n) is 6.84. The highest BCUT2D eigenvalue weighted by Crippen LogP contribution is 2.22. The number of hydrogen-bond donors (Lipinski definition) is 1. The van der Waals surface area contributed by atoms with E-state index >= 15 is 0 Å². The van der Waals surface area contributed by atoms with Gasteiger partial charge >= 0.3 is 0 Å². The van der Waals surface area contributed by atoms with Crippen molar-refractivity contribution in [2.24, 2.45) is 0 Å². The lowest BCUT2D eigenvalue weighted by Gasteiger charge is -2.34. The van der Waals surface area contributed by atoms with Crippen molar-refractivity contribution in [1.29, 1.82) is 0 Å². The number of benzene rings is 1. The molecule has 146 valence electrons. The fourth-order valence-corrected chi connectivity index (χ4v) is 4.10. The molecule has 1 aliphatic heterocycles. The Morgan fingerprint density at radius 3 is 2.85 bits per heavy atom. The Kier molecular flexibility index (Phi) is 6.70. The Hall–Kier alpha value is -1.67. The van der Waals surface area contributed by atoms with Gasteiger partial charge in [-0.3, -0.25) is 15.0 Å². The quantitative estimate of drug-likeness (QED) is 0.787. The molecule has 3 rings (SSSR count). The van der Waals surface area contributed by atoms with Crippen LogP contribution < -0.4 is 10.1 Å². The Morgan fingerprint density at radius 2 is 2.15 bits per heavy atom. The number of halogens is 1. The number of anilines is 1. The molecule has 0 spiro atoms. The topological polar surface area (TPSA) is 63.7 Å².